The molecule has 1 unspecified atom stereocenters. The van der Waals surface area contributed by atoms with Gasteiger partial charge in [-0.2, -0.15) is 0 Å². The molecule has 0 bridgehead atoms. The van der Waals surface area contributed by atoms with E-state index in [1.54, 1.807) is 30.6 Å². The van der Waals surface area contributed by atoms with E-state index in [1.807, 2.05) is 60.7 Å². The van der Waals surface area contributed by atoms with Crippen LogP contribution in [0.15, 0.2) is 91.3 Å². The van der Waals surface area contributed by atoms with Crippen LogP contribution in [0.3, 0.4) is 0 Å². The molecule has 4 N–H and O–H groups in total. The van der Waals surface area contributed by atoms with Crippen molar-refractivity contribution >= 4 is 23.7 Å². The molecule has 0 spiro atoms. The molecule has 194 valence electrons. The van der Waals surface area contributed by atoms with Crippen molar-refractivity contribution in [2.75, 3.05) is 18.5 Å². The average Bonchev–Trinajstić information content (AvgIpc) is 3.39. The second-order valence-electron chi connectivity index (χ2n) is 8.53. The van der Waals surface area contributed by atoms with Crippen molar-refractivity contribution in [2.24, 2.45) is 0 Å². The van der Waals surface area contributed by atoms with Crippen molar-refractivity contribution in [1.29, 1.82) is 0 Å². The number of carbonyl (C=O) groups excluding carboxylic acids is 2. The van der Waals surface area contributed by atoms with E-state index in [2.05, 4.69) is 20.6 Å². The van der Waals surface area contributed by atoms with Gasteiger partial charge in [0.25, 0.3) is 0 Å². The number of hydrogen-bond acceptors (Lipinski definition) is 6. The number of pyridine rings is 1. The van der Waals surface area contributed by atoms with Gasteiger partial charge < -0.3 is 25.5 Å². The number of carbonyl (C=O) groups is 3. The molecule has 0 aliphatic carbocycles. The van der Waals surface area contributed by atoms with Gasteiger partial charge in [-0.1, -0.05) is 60.7 Å². The van der Waals surface area contributed by atoms with E-state index in [0.717, 1.165) is 11.1 Å². The highest BCUT2D eigenvalue weighted by atomic mass is 16.5. The summed E-state index contributed by atoms with van der Waals surface area (Å²) in [6, 6.07) is 23.5. The van der Waals surface area contributed by atoms with Crippen LogP contribution in [0.1, 0.15) is 34.1 Å². The number of amides is 1. The first-order valence-electron chi connectivity index (χ1n) is 12.1. The number of aromatic amines is 1. The quantitative estimate of drug-likeness (QED) is 0.165. The summed E-state index contributed by atoms with van der Waals surface area (Å²) in [5.74, 6) is -1.34. The summed E-state index contributed by atoms with van der Waals surface area (Å²) in [6.45, 7) is 0.495. The Morgan fingerprint density at radius 1 is 0.921 bits per heavy atom. The van der Waals surface area contributed by atoms with E-state index in [1.165, 1.54) is 0 Å². The van der Waals surface area contributed by atoms with Crippen LogP contribution in [0.5, 0.6) is 0 Å². The number of H-pyrrole nitrogens is 1. The van der Waals surface area contributed by atoms with Crippen molar-refractivity contribution in [3.05, 3.63) is 108 Å². The lowest BCUT2D eigenvalue weighted by Gasteiger charge is -2.18. The first-order valence-corrected chi connectivity index (χ1v) is 12.1. The number of rotatable bonds is 12. The first kappa shape index (κ1) is 26.2. The molecule has 0 radical (unpaired) electrons. The number of hydrogen-bond donors (Lipinski definition) is 4. The molecule has 0 saturated carbocycles. The molecule has 0 aliphatic heterocycles. The molecule has 4 rings (SSSR count). The van der Waals surface area contributed by atoms with E-state index in [9.17, 15) is 19.5 Å². The lowest BCUT2D eigenvalue weighted by Crippen LogP contribution is -2.31. The molecule has 9 nitrogen and oxygen atoms in total. The van der Waals surface area contributed by atoms with Gasteiger partial charge in [0.2, 0.25) is 5.91 Å². The van der Waals surface area contributed by atoms with E-state index in [0.29, 0.717) is 23.6 Å². The van der Waals surface area contributed by atoms with E-state index in [4.69, 9.17) is 4.74 Å². The smallest absolute Gasteiger partial charge is 0.340 e. The van der Waals surface area contributed by atoms with Crippen molar-refractivity contribution in [2.45, 2.75) is 18.9 Å². The monoisotopic (exact) mass is 512 g/mol. The van der Waals surface area contributed by atoms with E-state index in [-0.39, 0.29) is 25.0 Å². The van der Waals surface area contributed by atoms with Gasteiger partial charge in [0.05, 0.1) is 31.0 Å². The van der Waals surface area contributed by atoms with E-state index >= 15 is 0 Å². The summed E-state index contributed by atoms with van der Waals surface area (Å²) in [5, 5.41) is 15.3. The van der Waals surface area contributed by atoms with E-state index < -0.39 is 23.9 Å². The molecule has 1 atom stereocenters. The molecular formula is C29H28N4O5. The zero-order chi connectivity index (χ0) is 26.7. The maximum Gasteiger partial charge on any atom is 0.340 e. The van der Waals surface area contributed by atoms with Crippen LogP contribution in [0, 0.1) is 0 Å². The Morgan fingerprint density at radius 3 is 2.37 bits per heavy atom. The number of aliphatic carboxylic acids is 1. The van der Waals surface area contributed by atoms with Crippen LogP contribution in [-0.2, 0) is 20.7 Å². The van der Waals surface area contributed by atoms with Crippen molar-refractivity contribution in [3.63, 3.8) is 0 Å². The predicted molar refractivity (Wildman–Crippen MR) is 143 cm³/mol. The molecule has 2 aromatic heterocycles. The number of carboxylic acids is 1. The number of aromatic nitrogens is 2. The average molecular weight is 513 g/mol. The van der Waals surface area contributed by atoms with Crippen molar-refractivity contribution in [3.8, 4) is 11.1 Å². The Balaban J connectivity index is 1.34. The highest BCUT2D eigenvalue weighted by Crippen LogP contribution is 2.24. The summed E-state index contributed by atoms with van der Waals surface area (Å²) >= 11 is 0. The Labute approximate surface area is 219 Å². The molecule has 0 saturated heterocycles. The maximum absolute atomic E-state index is 12.9. The predicted octanol–water partition coefficient (Wildman–Crippen LogP) is 4.22. The molecule has 38 heavy (non-hydrogen) atoms. The van der Waals surface area contributed by atoms with Crippen LogP contribution in [0.25, 0.3) is 11.1 Å². The third-order valence-corrected chi connectivity index (χ3v) is 5.83. The molecule has 2 aromatic carbocycles. The Kier molecular flexibility index (Phi) is 8.85. The molecule has 4 aromatic rings. The van der Waals surface area contributed by atoms with Crippen LogP contribution in [0.2, 0.25) is 0 Å². The normalized spacial score (nSPS) is 11.4. The maximum atomic E-state index is 12.9. The summed E-state index contributed by atoms with van der Waals surface area (Å²) < 4.78 is 5.32. The minimum absolute atomic E-state index is 0.117. The molecule has 1 amide bonds. The summed E-state index contributed by atoms with van der Waals surface area (Å²) in [5.41, 5.74) is 3.33. The Bertz CT molecular complexity index is 1350. The number of esters is 1. The first-order chi connectivity index (χ1) is 18.5. The van der Waals surface area contributed by atoms with Gasteiger partial charge in [0, 0.05) is 18.1 Å². The minimum Gasteiger partial charge on any atom is -0.481 e. The topological polar surface area (TPSA) is 133 Å². The summed E-state index contributed by atoms with van der Waals surface area (Å²) in [7, 11) is 0. The van der Waals surface area contributed by atoms with Crippen LogP contribution < -0.4 is 10.6 Å². The molecule has 9 heteroatoms. The van der Waals surface area contributed by atoms with Gasteiger partial charge in [-0.3, -0.25) is 9.59 Å². The molecular weight excluding hydrogens is 484 g/mol. The number of benzene rings is 2. The minimum atomic E-state index is -1.04. The Morgan fingerprint density at radius 2 is 1.66 bits per heavy atom. The molecule has 2 heterocycles. The lowest BCUT2D eigenvalue weighted by molar-refractivity contribution is -0.137. The third kappa shape index (κ3) is 7.30. The molecule has 0 aliphatic rings. The SMILES string of the molecule is O=C(O)CC(NC(=O)Cc1[nH]ccc1C(=O)OCCNc1ccccn1)c1ccc(-c2ccccc2)cc1. The van der Waals surface area contributed by atoms with Crippen molar-refractivity contribution < 1.29 is 24.2 Å². The van der Waals surface area contributed by atoms with Gasteiger partial charge in [0.1, 0.15) is 12.4 Å². The largest absolute Gasteiger partial charge is 0.481 e. The summed E-state index contributed by atoms with van der Waals surface area (Å²) in [4.78, 5) is 44.0. The van der Waals surface area contributed by atoms with Crippen LogP contribution in [-0.4, -0.2) is 46.1 Å². The van der Waals surface area contributed by atoms with Gasteiger partial charge in [-0.05, 0) is 34.9 Å². The number of nitrogens with zero attached hydrogens (tertiary/aromatic N) is 1. The fourth-order valence-corrected chi connectivity index (χ4v) is 3.98. The fraction of sp³-hybridized carbons (Fsp3) is 0.172. The summed E-state index contributed by atoms with van der Waals surface area (Å²) in [6.07, 6.45) is 2.80. The second kappa shape index (κ2) is 12.9. The second-order valence-corrected chi connectivity index (χ2v) is 8.53. The number of nitrogens with one attached hydrogen (secondary N) is 3. The Hall–Kier alpha value is -4.92. The highest BCUT2D eigenvalue weighted by Gasteiger charge is 2.21. The highest BCUT2D eigenvalue weighted by molar-refractivity contribution is 5.92. The van der Waals surface area contributed by atoms with Gasteiger partial charge >= 0.3 is 11.9 Å². The standard InChI is InChI=1S/C29H28N4O5/c34-27(18-25-23(13-15-30-25)29(37)38-17-16-32-26-8-4-5-14-31-26)33-24(19-28(35)36)22-11-9-21(10-12-22)20-6-2-1-3-7-20/h1-15,24,30H,16-19H2,(H,31,32)(H,33,34)(H,35,36). The third-order valence-electron chi connectivity index (χ3n) is 5.83. The fourth-order valence-electron chi connectivity index (χ4n) is 3.98. The molecule has 0 fully saturated rings. The lowest BCUT2D eigenvalue weighted by atomic mass is 9.99. The number of ether oxygens (including phenoxy) is 1. The van der Waals surface area contributed by atoms with Gasteiger partial charge in [-0.15, -0.1) is 0 Å². The van der Waals surface area contributed by atoms with Crippen molar-refractivity contribution in [1.82, 2.24) is 15.3 Å². The zero-order valence-corrected chi connectivity index (χ0v) is 20.6. The van der Waals surface area contributed by atoms with Crippen LogP contribution >= 0.6 is 0 Å². The van der Waals surface area contributed by atoms with Crippen LogP contribution in [0.4, 0.5) is 5.82 Å². The zero-order valence-electron chi connectivity index (χ0n) is 20.6. The van der Waals surface area contributed by atoms with Gasteiger partial charge in [-0.25, -0.2) is 9.78 Å². The van der Waals surface area contributed by atoms with Gasteiger partial charge in [0.15, 0.2) is 0 Å². The number of anilines is 1. The number of carboxylic acid groups (broad SMARTS) is 1.